The van der Waals surface area contributed by atoms with Crippen LogP contribution in [0.1, 0.15) is 87.6 Å². The van der Waals surface area contributed by atoms with Crippen LogP contribution in [0.25, 0.3) is 0 Å². The largest absolute Gasteiger partial charge is 0.513 e. The maximum atomic E-state index is 12.2. The molecule has 0 saturated carbocycles. The van der Waals surface area contributed by atoms with E-state index in [4.69, 9.17) is 9.47 Å². The van der Waals surface area contributed by atoms with Crippen LogP contribution >= 0.6 is 0 Å². The van der Waals surface area contributed by atoms with Crippen molar-refractivity contribution in [3.63, 3.8) is 0 Å². The number of benzene rings is 1. The van der Waals surface area contributed by atoms with Crippen LogP contribution in [-0.4, -0.2) is 24.8 Å². The highest BCUT2D eigenvalue weighted by atomic mass is 16.7. The summed E-state index contributed by atoms with van der Waals surface area (Å²) in [6.07, 6.45) is 9.40. The molecule has 0 saturated heterocycles. The number of carbonyl (C=O) groups is 2. The molecule has 1 aromatic carbocycles. The Balaban J connectivity index is 2.56. The highest BCUT2D eigenvalue weighted by Crippen LogP contribution is 2.21. The summed E-state index contributed by atoms with van der Waals surface area (Å²) in [6, 6.07) is 4.42. The number of ketones is 1. The van der Waals surface area contributed by atoms with E-state index in [0.29, 0.717) is 12.0 Å². The molecule has 143 valence electrons. The van der Waals surface area contributed by atoms with Crippen molar-refractivity contribution in [1.82, 2.24) is 0 Å². The van der Waals surface area contributed by atoms with E-state index in [1.54, 1.807) is 12.4 Å². The van der Waals surface area contributed by atoms with E-state index in [2.05, 4.69) is 13.8 Å². The summed E-state index contributed by atoms with van der Waals surface area (Å²) < 4.78 is 9.99. The minimum atomic E-state index is -0.854. The molecule has 0 atom stereocenters. The molecule has 1 radical (unpaired) electrons. The van der Waals surface area contributed by atoms with Gasteiger partial charge in [0.2, 0.25) is 6.29 Å². The van der Waals surface area contributed by atoms with Crippen LogP contribution in [0.4, 0.5) is 4.79 Å². The number of hydrogen-bond donors (Lipinski definition) is 0. The number of carbonyl (C=O) groups excluding carboxylic acids is 3. The van der Waals surface area contributed by atoms with Crippen LogP contribution in [0.2, 0.25) is 0 Å². The van der Waals surface area contributed by atoms with Gasteiger partial charge in [0.05, 0.1) is 12.2 Å². The monoisotopic (exact) mass is 361 g/mol. The molecule has 5 nitrogen and oxygen atoms in total. The van der Waals surface area contributed by atoms with Crippen molar-refractivity contribution in [3.05, 3.63) is 29.3 Å². The van der Waals surface area contributed by atoms with Gasteiger partial charge in [-0.25, -0.2) is 4.79 Å². The SMILES string of the molecule is CCCCCCCC(=O)c1ccc(OC(=O)OCCCCC)c([C]=O)c1. The van der Waals surface area contributed by atoms with Crippen molar-refractivity contribution in [2.45, 2.75) is 71.6 Å². The van der Waals surface area contributed by atoms with Gasteiger partial charge in [-0.2, -0.15) is 0 Å². The Morgan fingerprint density at radius 1 is 0.962 bits per heavy atom. The smallest absolute Gasteiger partial charge is 0.434 e. The van der Waals surface area contributed by atoms with Gasteiger partial charge >= 0.3 is 6.16 Å². The van der Waals surface area contributed by atoms with Gasteiger partial charge in [-0.05, 0) is 31.0 Å². The first kappa shape index (κ1) is 21.9. The Labute approximate surface area is 156 Å². The first-order chi connectivity index (χ1) is 12.6. The van der Waals surface area contributed by atoms with Crippen LogP contribution in [-0.2, 0) is 9.53 Å². The van der Waals surface area contributed by atoms with E-state index < -0.39 is 6.16 Å². The van der Waals surface area contributed by atoms with Crippen molar-refractivity contribution in [2.24, 2.45) is 0 Å². The van der Waals surface area contributed by atoms with E-state index >= 15 is 0 Å². The van der Waals surface area contributed by atoms with Gasteiger partial charge in [-0.1, -0.05) is 52.4 Å². The second kappa shape index (κ2) is 13.1. The molecular formula is C21H29O5. The van der Waals surface area contributed by atoms with Gasteiger partial charge < -0.3 is 9.47 Å². The Hall–Kier alpha value is -2.17. The zero-order chi connectivity index (χ0) is 19.2. The van der Waals surface area contributed by atoms with Gasteiger partial charge in [-0.15, -0.1) is 0 Å². The molecule has 0 aliphatic heterocycles. The summed E-state index contributed by atoms with van der Waals surface area (Å²) in [5.41, 5.74) is 0.481. The zero-order valence-corrected chi connectivity index (χ0v) is 15.8. The van der Waals surface area contributed by atoms with E-state index in [-0.39, 0.29) is 23.7 Å². The molecule has 0 bridgehead atoms. The highest BCUT2D eigenvalue weighted by Gasteiger charge is 2.14. The number of hydrogen-bond acceptors (Lipinski definition) is 5. The van der Waals surface area contributed by atoms with Crippen molar-refractivity contribution < 1.29 is 23.9 Å². The molecule has 0 amide bonds. The summed E-state index contributed by atoms with van der Waals surface area (Å²) in [5, 5.41) is 0. The lowest BCUT2D eigenvalue weighted by Gasteiger charge is -2.08. The topological polar surface area (TPSA) is 69.7 Å². The normalized spacial score (nSPS) is 10.4. The molecule has 26 heavy (non-hydrogen) atoms. The predicted molar refractivity (Wildman–Crippen MR) is 100 cm³/mol. The number of ether oxygens (including phenoxy) is 2. The molecule has 0 unspecified atom stereocenters. The second-order valence-corrected chi connectivity index (χ2v) is 6.31. The lowest BCUT2D eigenvalue weighted by atomic mass is 10.0. The summed E-state index contributed by atoms with van der Waals surface area (Å²) in [7, 11) is 0. The van der Waals surface area contributed by atoms with E-state index in [1.165, 1.54) is 18.6 Å². The summed E-state index contributed by atoms with van der Waals surface area (Å²) in [4.78, 5) is 35.0. The van der Waals surface area contributed by atoms with Crippen LogP contribution in [0.3, 0.4) is 0 Å². The van der Waals surface area contributed by atoms with E-state index in [0.717, 1.165) is 44.9 Å². The molecule has 5 heteroatoms. The van der Waals surface area contributed by atoms with Crippen molar-refractivity contribution in [2.75, 3.05) is 6.61 Å². The average Bonchev–Trinajstić information content (AvgIpc) is 2.65. The zero-order valence-electron chi connectivity index (χ0n) is 15.8. The molecule has 0 aliphatic rings. The van der Waals surface area contributed by atoms with Gasteiger partial charge in [-0.3, -0.25) is 9.59 Å². The molecule has 1 rings (SSSR count). The first-order valence-electron chi connectivity index (χ1n) is 9.52. The van der Waals surface area contributed by atoms with Crippen molar-refractivity contribution in [3.8, 4) is 5.75 Å². The van der Waals surface area contributed by atoms with Crippen LogP contribution in [0.15, 0.2) is 18.2 Å². The molecule has 0 fully saturated rings. The van der Waals surface area contributed by atoms with Crippen molar-refractivity contribution >= 4 is 18.2 Å². The van der Waals surface area contributed by atoms with E-state index in [1.807, 2.05) is 0 Å². The van der Waals surface area contributed by atoms with Crippen LogP contribution in [0.5, 0.6) is 5.75 Å². The van der Waals surface area contributed by atoms with Gasteiger partial charge in [0.15, 0.2) is 5.78 Å². The highest BCUT2D eigenvalue weighted by molar-refractivity contribution is 5.98. The van der Waals surface area contributed by atoms with Gasteiger partial charge in [0.1, 0.15) is 5.75 Å². The third-order valence-electron chi connectivity index (χ3n) is 4.08. The van der Waals surface area contributed by atoms with Gasteiger partial charge in [0.25, 0.3) is 0 Å². The Morgan fingerprint density at radius 2 is 1.65 bits per heavy atom. The Bertz CT molecular complexity index is 580. The molecule has 0 aromatic heterocycles. The quantitative estimate of drug-likeness (QED) is 0.204. The van der Waals surface area contributed by atoms with E-state index in [9.17, 15) is 14.4 Å². The number of rotatable bonds is 13. The van der Waals surface area contributed by atoms with Crippen LogP contribution < -0.4 is 4.74 Å². The Morgan fingerprint density at radius 3 is 2.35 bits per heavy atom. The predicted octanol–water partition coefficient (Wildman–Crippen LogP) is 5.39. The third kappa shape index (κ3) is 8.28. The summed E-state index contributed by atoms with van der Waals surface area (Å²) in [6.45, 7) is 4.48. The molecule has 0 spiro atoms. The number of unbranched alkanes of at least 4 members (excludes halogenated alkanes) is 6. The second-order valence-electron chi connectivity index (χ2n) is 6.31. The molecule has 0 heterocycles. The fourth-order valence-electron chi connectivity index (χ4n) is 2.53. The minimum absolute atomic E-state index is 0.0216. The maximum absolute atomic E-state index is 12.2. The molecular weight excluding hydrogens is 332 g/mol. The summed E-state index contributed by atoms with van der Waals surface area (Å²) in [5.74, 6) is 0.0340. The standard InChI is InChI=1S/C21H29O5/c1-3-5-7-8-9-11-19(23)17-12-13-20(18(15-17)16-22)26-21(24)25-14-10-6-4-2/h12-13,15H,3-11,14H2,1-2H3. The maximum Gasteiger partial charge on any atom is 0.513 e. The third-order valence-corrected chi connectivity index (χ3v) is 4.08. The first-order valence-corrected chi connectivity index (χ1v) is 9.52. The van der Waals surface area contributed by atoms with Crippen molar-refractivity contribution in [1.29, 1.82) is 0 Å². The van der Waals surface area contributed by atoms with Gasteiger partial charge in [0, 0.05) is 12.0 Å². The average molecular weight is 361 g/mol. The molecule has 0 aliphatic carbocycles. The fourth-order valence-corrected chi connectivity index (χ4v) is 2.53. The lowest BCUT2D eigenvalue weighted by Crippen LogP contribution is -2.13. The Kier molecular flexibility index (Phi) is 11.0. The summed E-state index contributed by atoms with van der Waals surface area (Å²) >= 11 is 0. The lowest BCUT2D eigenvalue weighted by molar-refractivity contribution is 0.0972. The molecule has 0 N–H and O–H groups in total. The number of Topliss-reactive ketones (excluding diaryl/α,β-unsaturated/α-hetero) is 1. The minimum Gasteiger partial charge on any atom is -0.434 e. The van der Waals surface area contributed by atoms with Crippen LogP contribution in [0, 0.1) is 0 Å². The fraction of sp³-hybridized carbons (Fsp3) is 0.571. The molecule has 1 aromatic rings.